The topological polar surface area (TPSA) is 76.0 Å². The molecule has 2 amide bonds. The van der Waals surface area contributed by atoms with Crippen molar-refractivity contribution in [1.29, 1.82) is 0 Å². The summed E-state index contributed by atoms with van der Waals surface area (Å²) in [5.74, 6) is -0.283. The molecule has 0 unspecified atom stereocenters. The summed E-state index contributed by atoms with van der Waals surface area (Å²) in [6.07, 6.45) is 6.32. The Bertz CT molecular complexity index is 736. The Labute approximate surface area is 149 Å². The number of benzene rings is 1. The number of nitrogens with one attached hydrogen (secondary N) is 2. The fraction of sp³-hybridized carbons (Fsp3) is 0.312. The Morgan fingerprint density at radius 2 is 2.33 bits per heavy atom. The summed E-state index contributed by atoms with van der Waals surface area (Å²) in [4.78, 5) is 29.1. The highest BCUT2D eigenvalue weighted by Crippen LogP contribution is 2.38. The van der Waals surface area contributed by atoms with Crippen molar-refractivity contribution in [3.05, 3.63) is 41.9 Å². The van der Waals surface area contributed by atoms with Crippen LogP contribution in [0, 0.1) is 0 Å². The van der Waals surface area contributed by atoms with E-state index in [9.17, 15) is 9.59 Å². The predicted molar refractivity (Wildman–Crippen MR) is 94.2 cm³/mol. The molecule has 6 nitrogen and oxygen atoms in total. The van der Waals surface area contributed by atoms with Gasteiger partial charge < -0.3 is 15.2 Å². The zero-order valence-electron chi connectivity index (χ0n) is 12.9. The summed E-state index contributed by atoms with van der Waals surface area (Å²) in [5.41, 5.74) is 0.703. The highest BCUT2D eigenvalue weighted by atomic mass is 35.5. The minimum atomic E-state index is -0.424. The Morgan fingerprint density at radius 1 is 1.46 bits per heavy atom. The van der Waals surface area contributed by atoms with E-state index in [-0.39, 0.29) is 18.2 Å². The van der Waals surface area contributed by atoms with Crippen molar-refractivity contribution in [2.75, 3.05) is 11.9 Å². The number of carbonyl (C=O) groups excluding carboxylic acids is 2. The van der Waals surface area contributed by atoms with Crippen molar-refractivity contribution in [3.63, 3.8) is 0 Å². The van der Waals surface area contributed by atoms with Gasteiger partial charge in [-0.25, -0.2) is 4.98 Å². The lowest BCUT2D eigenvalue weighted by molar-refractivity contribution is -0.124. The van der Waals surface area contributed by atoms with E-state index < -0.39 is 5.25 Å². The molecule has 2 aromatic rings. The molecule has 0 saturated heterocycles. The van der Waals surface area contributed by atoms with Crippen LogP contribution in [-0.4, -0.2) is 33.2 Å². The van der Waals surface area contributed by atoms with E-state index >= 15 is 0 Å². The third-order valence-corrected chi connectivity index (χ3v) is 5.12. The van der Waals surface area contributed by atoms with Crippen LogP contribution in [0.15, 0.2) is 41.8 Å². The second-order valence-corrected chi connectivity index (χ2v) is 7.13. The summed E-state index contributed by atoms with van der Waals surface area (Å²) in [7, 11) is 0. The first-order valence-corrected chi connectivity index (χ1v) is 8.87. The van der Waals surface area contributed by atoms with Gasteiger partial charge in [-0.05, 0) is 24.6 Å². The summed E-state index contributed by atoms with van der Waals surface area (Å²) >= 11 is 7.32. The second kappa shape index (κ2) is 7.72. The van der Waals surface area contributed by atoms with Gasteiger partial charge in [0.1, 0.15) is 0 Å². The summed E-state index contributed by atoms with van der Waals surface area (Å²) < 4.78 is 1.96. The van der Waals surface area contributed by atoms with E-state index in [0.717, 1.165) is 17.9 Å². The molecular weight excluding hydrogens is 348 g/mol. The molecule has 0 fully saturated rings. The van der Waals surface area contributed by atoms with Crippen LogP contribution in [0.4, 0.5) is 5.69 Å². The van der Waals surface area contributed by atoms with Crippen LogP contribution in [0.5, 0.6) is 0 Å². The van der Waals surface area contributed by atoms with Gasteiger partial charge in [0.05, 0.1) is 17.3 Å². The number of nitrogens with zero attached hydrogens (tertiary/aromatic N) is 2. The molecule has 0 spiro atoms. The standard InChI is InChI=1S/C16H17ClN4O2S/c17-11-2-3-13-12(8-11)20-16(23)14(24-13)9-15(22)19-4-1-6-21-7-5-18-10-21/h2-3,5,7-8,10,14H,1,4,6,9H2,(H,19,22)(H,20,23)/t14-/m1/s1. The average Bonchev–Trinajstić information content (AvgIpc) is 3.06. The van der Waals surface area contributed by atoms with E-state index in [1.807, 2.05) is 16.8 Å². The van der Waals surface area contributed by atoms with Gasteiger partial charge in [-0.2, -0.15) is 0 Å². The van der Waals surface area contributed by atoms with E-state index in [1.54, 1.807) is 24.7 Å². The number of amides is 2. The smallest absolute Gasteiger partial charge is 0.238 e. The molecule has 2 heterocycles. The quantitative estimate of drug-likeness (QED) is 0.772. The summed E-state index contributed by atoms with van der Waals surface area (Å²) in [6, 6.07) is 5.35. The van der Waals surface area contributed by atoms with E-state index in [4.69, 9.17) is 11.6 Å². The minimum Gasteiger partial charge on any atom is -0.356 e. The number of aromatic nitrogens is 2. The SMILES string of the molecule is O=C(C[C@H]1Sc2ccc(Cl)cc2NC1=O)NCCCn1ccnc1. The third kappa shape index (κ3) is 4.30. The molecule has 0 aliphatic carbocycles. The Hall–Kier alpha value is -1.99. The van der Waals surface area contributed by atoms with Gasteiger partial charge in [0.15, 0.2) is 0 Å². The molecule has 1 aromatic heterocycles. The number of anilines is 1. The lowest BCUT2D eigenvalue weighted by Crippen LogP contribution is -2.35. The van der Waals surface area contributed by atoms with E-state index in [2.05, 4.69) is 15.6 Å². The molecular formula is C16H17ClN4O2S. The van der Waals surface area contributed by atoms with Crippen molar-refractivity contribution in [2.45, 2.75) is 29.5 Å². The Kier molecular flexibility index (Phi) is 5.42. The van der Waals surface area contributed by atoms with Gasteiger partial charge in [0.25, 0.3) is 0 Å². The van der Waals surface area contributed by atoms with Gasteiger partial charge in [0, 0.05) is 41.8 Å². The number of imidazole rings is 1. The van der Waals surface area contributed by atoms with Gasteiger partial charge in [-0.3, -0.25) is 9.59 Å². The van der Waals surface area contributed by atoms with E-state index in [0.29, 0.717) is 17.3 Å². The molecule has 0 radical (unpaired) electrons. The number of fused-ring (bicyclic) bond motifs is 1. The van der Waals surface area contributed by atoms with Gasteiger partial charge >= 0.3 is 0 Å². The number of hydrogen-bond donors (Lipinski definition) is 2. The van der Waals surface area contributed by atoms with Gasteiger partial charge in [-0.15, -0.1) is 11.8 Å². The Morgan fingerprint density at radius 3 is 3.12 bits per heavy atom. The van der Waals surface area contributed by atoms with Crippen LogP contribution in [0.3, 0.4) is 0 Å². The first kappa shape index (κ1) is 16.9. The van der Waals surface area contributed by atoms with Crippen LogP contribution in [0.25, 0.3) is 0 Å². The normalized spacial score (nSPS) is 16.4. The fourth-order valence-corrected chi connectivity index (χ4v) is 3.67. The molecule has 8 heteroatoms. The minimum absolute atomic E-state index is 0.120. The van der Waals surface area contributed by atoms with Crippen molar-refractivity contribution in [3.8, 4) is 0 Å². The fourth-order valence-electron chi connectivity index (χ4n) is 2.41. The van der Waals surface area contributed by atoms with E-state index in [1.165, 1.54) is 11.8 Å². The highest BCUT2D eigenvalue weighted by molar-refractivity contribution is 8.01. The number of thioether (sulfide) groups is 1. The molecule has 3 rings (SSSR count). The average molecular weight is 365 g/mol. The van der Waals surface area contributed by atoms with Crippen molar-refractivity contribution >= 4 is 40.9 Å². The lowest BCUT2D eigenvalue weighted by Gasteiger charge is -2.23. The zero-order valence-corrected chi connectivity index (χ0v) is 14.4. The van der Waals surface area contributed by atoms with Crippen molar-refractivity contribution in [2.24, 2.45) is 0 Å². The monoisotopic (exact) mass is 364 g/mol. The van der Waals surface area contributed by atoms with Crippen LogP contribution in [-0.2, 0) is 16.1 Å². The third-order valence-electron chi connectivity index (χ3n) is 3.61. The lowest BCUT2D eigenvalue weighted by atomic mass is 10.2. The molecule has 1 aromatic carbocycles. The number of halogens is 1. The van der Waals surface area contributed by atoms with Gasteiger partial charge in [0.2, 0.25) is 11.8 Å². The molecule has 2 N–H and O–H groups in total. The predicted octanol–water partition coefficient (Wildman–Crippen LogP) is 2.55. The number of rotatable bonds is 6. The summed E-state index contributed by atoms with van der Waals surface area (Å²) in [6.45, 7) is 1.37. The van der Waals surface area contributed by atoms with Crippen LogP contribution in [0.2, 0.25) is 5.02 Å². The van der Waals surface area contributed by atoms with Gasteiger partial charge in [-0.1, -0.05) is 11.6 Å². The van der Waals surface area contributed by atoms with Crippen LogP contribution >= 0.6 is 23.4 Å². The largest absolute Gasteiger partial charge is 0.356 e. The maximum Gasteiger partial charge on any atom is 0.238 e. The maximum atomic E-state index is 12.1. The number of hydrogen-bond acceptors (Lipinski definition) is 4. The van der Waals surface area contributed by atoms with Crippen molar-refractivity contribution in [1.82, 2.24) is 14.9 Å². The molecule has 126 valence electrons. The summed E-state index contributed by atoms with van der Waals surface area (Å²) in [5, 5.41) is 5.82. The molecule has 0 saturated carbocycles. The zero-order chi connectivity index (χ0) is 16.9. The number of carbonyl (C=O) groups is 2. The Balaban J connectivity index is 1.46. The highest BCUT2D eigenvalue weighted by Gasteiger charge is 2.28. The number of aryl methyl sites for hydroxylation is 1. The maximum absolute atomic E-state index is 12.1. The molecule has 1 aliphatic heterocycles. The first-order chi connectivity index (χ1) is 11.6. The van der Waals surface area contributed by atoms with Crippen molar-refractivity contribution < 1.29 is 9.59 Å². The molecule has 1 aliphatic rings. The van der Waals surface area contributed by atoms with Crippen LogP contribution < -0.4 is 10.6 Å². The molecule has 1 atom stereocenters. The molecule has 0 bridgehead atoms. The van der Waals surface area contributed by atoms with Crippen LogP contribution in [0.1, 0.15) is 12.8 Å². The first-order valence-electron chi connectivity index (χ1n) is 7.61. The second-order valence-electron chi connectivity index (χ2n) is 5.44. The molecule has 24 heavy (non-hydrogen) atoms.